The van der Waals surface area contributed by atoms with Gasteiger partial charge in [0.15, 0.2) is 0 Å². The Balaban J connectivity index is 2.00. The van der Waals surface area contributed by atoms with E-state index in [1.165, 1.54) is 24.3 Å². The lowest BCUT2D eigenvalue weighted by atomic mass is 10.2. The van der Waals surface area contributed by atoms with Crippen LogP contribution >= 0.6 is 0 Å². The van der Waals surface area contributed by atoms with Gasteiger partial charge in [0, 0.05) is 16.3 Å². The second-order valence-corrected chi connectivity index (χ2v) is 6.01. The Bertz CT molecular complexity index is 687. The summed E-state index contributed by atoms with van der Waals surface area (Å²) in [4.78, 5) is 12.4. The summed E-state index contributed by atoms with van der Waals surface area (Å²) in [5, 5.41) is 2.57. The van der Waals surface area contributed by atoms with Gasteiger partial charge >= 0.3 is 0 Å². The zero-order chi connectivity index (χ0) is 15.4. The highest BCUT2D eigenvalue weighted by molar-refractivity contribution is 7.85. The third-order valence-corrected chi connectivity index (χ3v) is 4.20. The molecule has 21 heavy (non-hydrogen) atoms. The standard InChI is InChI=1S/C15H15FN2O2S/c1-10-8-13(6-7-14(10)17)21(20)9-15(19)18-12-4-2-11(16)3-5-12/h2-8H,9,17H2,1H3,(H,18,19). The van der Waals surface area contributed by atoms with Crippen LogP contribution < -0.4 is 11.1 Å². The monoisotopic (exact) mass is 306 g/mol. The number of halogens is 1. The number of rotatable bonds is 4. The second kappa shape index (κ2) is 6.49. The third kappa shape index (κ3) is 4.13. The number of aryl methyl sites for hydroxylation is 1. The van der Waals surface area contributed by atoms with Crippen LogP contribution in [-0.4, -0.2) is 15.9 Å². The van der Waals surface area contributed by atoms with Crippen molar-refractivity contribution in [3.05, 3.63) is 53.8 Å². The maximum atomic E-state index is 12.8. The van der Waals surface area contributed by atoms with Gasteiger partial charge in [0.2, 0.25) is 5.91 Å². The molecule has 1 atom stereocenters. The first-order chi connectivity index (χ1) is 9.95. The molecule has 0 aliphatic carbocycles. The molecule has 0 heterocycles. The first kappa shape index (κ1) is 15.2. The molecule has 3 N–H and O–H groups in total. The molecule has 0 bridgehead atoms. The number of nitrogens with two attached hydrogens (primary N) is 1. The van der Waals surface area contributed by atoms with Gasteiger partial charge in [0.1, 0.15) is 11.6 Å². The average Bonchev–Trinajstić information content (AvgIpc) is 2.44. The van der Waals surface area contributed by atoms with E-state index in [0.29, 0.717) is 16.3 Å². The molecule has 2 aromatic carbocycles. The van der Waals surface area contributed by atoms with Gasteiger partial charge in [-0.25, -0.2) is 4.39 Å². The summed E-state index contributed by atoms with van der Waals surface area (Å²) in [7, 11) is -1.45. The van der Waals surface area contributed by atoms with E-state index < -0.39 is 16.7 Å². The number of benzene rings is 2. The molecule has 2 rings (SSSR count). The van der Waals surface area contributed by atoms with Gasteiger partial charge in [0.05, 0.1) is 10.8 Å². The van der Waals surface area contributed by atoms with Crippen molar-refractivity contribution in [1.82, 2.24) is 0 Å². The quantitative estimate of drug-likeness (QED) is 0.852. The number of hydrogen-bond acceptors (Lipinski definition) is 3. The minimum Gasteiger partial charge on any atom is -0.399 e. The molecule has 1 amide bonds. The summed E-state index contributed by atoms with van der Waals surface area (Å²) in [6.45, 7) is 1.81. The lowest BCUT2D eigenvalue weighted by Crippen LogP contribution is -2.19. The van der Waals surface area contributed by atoms with Crippen LogP contribution in [0.5, 0.6) is 0 Å². The van der Waals surface area contributed by atoms with Gasteiger partial charge < -0.3 is 11.1 Å². The lowest BCUT2D eigenvalue weighted by molar-refractivity contribution is -0.113. The molecule has 0 radical (unpaired) electrons. The van der Waals surface area contributed by atoms with Gasteiger partial charge in [-0.2, -0.15) is 0 Å². The number of carbonyl (C=O) groups excluding carboxylic acids is 1. The highest BCUT2D eigenvalue weighted by Crippen LogP contribution is 2.16. The van der Waals surface area contributed by atoms with Crippen LogP contribution in [0, 0.1) is 12.7 Å². The Kier molecular flexibility index (Phi) is 4.70. The van der Waals surface area contributed by atoms with Crippen molar-refractivity contribution < 1.29 is 13.4 Å². The molecule has 0 saturated carbocycles. The largest absolute Gasteiger partial charge is 0.399 e. The minimum atomic E-state index is -1.45. The van der Waals surface area contributed by atoms with Crippen LogP contribution in [0.3, 0.4) is 0 Å². The van der Waals surface area contributed by atoms with E-state index in [-0.39, 0.29) is 11.6 Å². The summed E-state index contributed by atoms with van der Waals surface area (Å²) < 4.78 is 24.9. The van der Waals surface area contributed by atoms with Crippen LogP contribution in [0.4, 0.5) is 15.8 Å². The highest BCUT2D eigenvalue weighted by Gasteiger charge is 2.11. The van der Waals surface area contributed by atoms with Crippen LogP contribution in [0.1, 0.15) is 5.56 Å². The molecule has 1 unspecified atom stereocenters. The summed E-state index contributed by atoms with van der Waals surface area (Å²) in [5.41, 5.74) is 7.60. The minimum absolute atomic E-state index is 0.166. The zero-order valence-corrected chi connectivity index (χ0v) is 12.2. The first-order valence-corrected chi connectivity index (χ1v) is 7.57. The van der Waals surface area contributed by atoms with E-state index in [9.17, 15) is 13.4 Å². The number of nitrogens with one attached hydrogen (secondary N) is 1. The molecule has 6 heteroatoms. The molecule has 0 aliphatic heterocycles. The van der Waals surface area contributed by atoms with Crippen molar-refractivity contribution >= 4 is 28.1 Å². The van der Waals surface area contributed by atoms with Crippen LogP contribution in [0.15, 0.2) is 47.4 Å². The first-order valence-electron chi connectivity index (χ1n) is 6.25. The number of anilines is 2. The summed E-state index contributed by atoms with van der Waals surface area (Å²) in [5.74, 6) is -0.941. The van der Waals surface area contributed by atoms with Crippen LogP contribution in [-0.2, 0) is 15.6 Å². The fourth-order valence-corrected chi connectivity index (χ4v) is 2.73. The molecule has 110 valence electrons. The molecule has 2 aromatic rings. The van der Waals surface area contributed by atoms with Crippen molar-refractivity contribution in [2.75, 3.05) is 16.8 Å². The second-order valence-electron chi connectivity index (χ2n) is 4.56. The Morgan fingerprint density at radius 1 is 1.24 bits per heavy atom. The molecule has 0 aliphatic rings. The predicted octanol–water partition coefficient (Wildman–Crippen LogP) is 2.46. The van der Waals surface area contributed by atoms with E-state index in [1.54, 1.807) is 18.2 Å². The Morgan fingerprint density at radius 2 is 1.90 bits per heavy atom. The van der Waals surface area contributed by atoms with E-state index in [2.05, 4.69) is 5.32 Å². The van der Waals surface area contributed by atoms with Crippen LogP contribution in [0.2, 0.25) is 0 Å². The van der Waals surface area contributed by atoms with Gasteiger partial charge in [-0.05, 0) is 55.0 Å². The van der Waals surface area contributed by atoms with E-state index in [1.807, 2.05) is 6.92 Å². The van der Waals surface area contributed by atoms with Crippen molar-refractivity contribution in [2.45, 2.75) is 11.8 Å². The van der Waals surface area contributed by atoms with Crippen molar-refractivity contribution in [3.63, 3.8) is 0 Å². The zero-order valence-electron chi connectivity index (χ0n) is 11.4. The molecule has 0 fully saturated rings. The maximum absolute atomic E-state index is 12.8. The van der Waals surface area contributed by atoms with E-state index in [4.69, 9.17) is 5.73 Å². The molecular weight excluding hydrogens is 291 g/mol. The topological polar surface area (TPSA) is 72.2 Å². The average molecular weight is 306 g/mol. The van der Waals surface area contributed by atoms with Gasteiger partial charge in [-0.1, -0.05) is 0 Å². The Morgan fingerprint density at radius 3 is 2.52 bits per heavy atom. The van der Waals surface area contributed by atoms with Gasteiger partial charge in [0.25, 0.3) is 0 Å². The summed E-state index contributed by atoms with van der Waals surface area (Å²) in [6.07, 6.45) is 0. The van der Waals surface area contributed by atoms with Gasteiger partial charge in [-0.3, -0.25) is 9.00 Å². The number of nitrogen functional groups attached to an aromatic ring is 1. The maximum Gasteiger partial charge on any atom is 0.237 e. The lowest BCUT2D eigenvalue weighted by Gasteiger charge is -2.07. The molecule has 0 saturated heterocycles. The third-order valence-electron chi connectivity index (χ3n) is 2.89. The van der Waals surface area contributed by atoms with Crippen molar-refractivity contribution in [3.8, 4) is 0 Å². The molecular formula is C15H15FN2O2S. The molecule has 0 spiro atoms. The summed E-state index contributed by atoms with van der Waals surface area (Å²) in [6, 6.07) is 10.4. The summed E-state index contributed by atoms with van der Waals surface area (Å²) >= 11 is 0. The smallest absolute Gasteiger partial charge is 0.237 e. The van der Waals surface area contributed by atoms with Gasteiger partial charge in [-0.15, -0.1) is 0 Å². The Labute approximate surface area is 124 Å². The van der Waals surface area contributed by atoms with Crippen LogP contribution in [0.25, 0.3) is 0 Å². The van der Waals surface area contributed by atoms with Crippen molar-refractivity contribution in [2.24, 2.45) is 0 Å². The fourth-order valence-electron chi connectivity index (χ4n) is 1.72. The Hall–Kier alpha value is -2.21. The number of carbonyl (C=O) groups is 1. The molecule has 0 aromatic heterocycles. The van der Waals surface area contributed by atoms with Crippen molar-refractivity contribution in [1.29, 1.82) is 0 Å². The number of amides is 1. The normalized spacial score (nSPS) is 11.9. The fraction of sp³-hybridized carbons (Fsp3) is 0.133. The number of hydrogen-bond donors (Lipinski definition) is 2. The highest BCUT2D eigenvalue weighted by atomic mass is 32.2. The molecule has 4 nitrogen and oxygen atoms in total. The van der Waals surface area contributed by atoms with E-state index in [0.717, 1.165) is 5.56 Å². The van der Waals surface area contributed by atoms with E-state index >= 15 is 0 Å². The SMILES string of the molecule is Cc1cc(S(=O)CC(=O)Nc2ccc(F)cc2)ccc1N. The predicted molar refractivity (Wildman–Crippen MR) is 81.9 cm³/mol.